The van der Waals surface area contributed by atoms with Gasteiger partial charge >= 0.3 is 0 Å². The summed E-state index contributed by atoms with van der Waals surface area (Å²) in [7, 11) is 1.59. The summed E-state index contributed by atoms with van der Waals surface area (Å²) in [6.45, 7) is 2.35. The van der Waals surface area contributed by atoms with Crippen molar-refractivity contribution in [2.45, 2.75) is 31.9 Å². The highest BCUT2D eigenvalue weighted by Gasteiger charge is 2.36. The van der Waals surface area contributed by atoms with Crippen LogP contribution in [0.25, 0.3) is 11.8 Å². The van der Waals surface area contributed by atoms with E-state index in [-0.39, 0.29) is 12.5 Å². The minimum Gasteiger partial charge on any atom is -0.495 e. The number of aromatic nitrogens is 2. The topological polar surface area (TPSA) is 47.4 Å². The molecule has 2 aromatic carbocycles. The molecule has 1 aliphatic rings. The maximum atomic E-state index is 15.8. The van der Waals surface area contributed by atoms with E-state index in [0.29, 0.717) is 30.7 Å². The van der Waals surface area contributed by atoms with E-state index in [1.165, 1.54) is 35.2 Å². The van der Waals surface area contributed by atoms with E-state index in [2.05, 4.69) is 4.98 Å². The average Bonchev–Trinajstić information content (AvgIpc) is 3.14. The van der Waals surface area contributed by atoms with Crippen molar-refractivity contribution in [1.82, 2.24) is 14.5 Å². The normalized spacial score (nSPS) is 19.0. The molecule has 1 aliphatic heterocycles. The van der Waals surface area contributed by atoms with Crippen molar-refractivity contribution >= 4 is 12.0 Å². The molecule has 0 bridgehead atoms. The number of hydrogen-bond donors (Lipinski definition) is 0. The van der Waals surface area contributed by atoms with E-state index < -0.39 is 11.5 Å². The molecule has 2 heterocycles. The largest absolute Gasteiger partial charge is 0.495 e. The van der Waals surface area contributed by atoms with Crippen LogP contribution < -0.4 is 4.74 Å². The summed E-state index contributed by atoms with van der Waals surface area (Å²) >= 11 is 0. The van der Waals surface area contributed by atoms with Gasteiger partial charge in [0.25, 0.3) is 0 Å². The standard InChI is InChI=1S/C26H27F2N3O2/c1-19-16-31(18-29-19)23-11-5-20(15-24(23)33-2)6-12-25(32)30-14-4-3-13-26(28,17-30)21-7-9-22(27)10-8-21/h5-12,15-16,18H,3-4,13-14,17H2,1-2H3. The van der Waals surface area contributed by atoms with Crippen LogP contribution in [0.5, 0.6) is 5.75 Å². The molecule has 33 heavy (non-hydrogen) atoms. The van der Waals surface area contributed by atoms with E-state index in [1.54, 1.807) is 19.5 Å². The molecule has 172 valence electrons. The van der Waals surface area contributed by atoms with Gasteiger partial charge in [0.2, 0.25) is 5.91 Å². The predicted octanol–water partition coefficient (Wildman–Crippen LogP) is 5.22. The van der Waals surface area contributed by atoms with Gasteiger partial charge in [-0.15, -0.1) is 0 Å². The summed E-state index contributed by atoms with van der Waals surface area (Å²) in [5, 5.41) is 0. The number of amides is 1. The van der Waals surface area contributed by atoms with Crippen LogP contribution in [0.3, 0.4) is 0 Å². The number of ether oxygens (including phenoxy) is 1. The first-order valence-corrected chi connectivity index (χ1v) is 11.0. The molecule has 4 rings (SSSR count). The fraction of sp³-hybridized carbons (Fsp3) is 0.308. The molecule has 1 aromatic heterocycles. The summed E-state index contributed by atoms with van der Waals surface area (Å²) in [6.07, 6.45) is 8.48. The van der Waals surface area contributed by atoms with Gasteiger partial charge < -0.3 is 14.2 Å². The van der Waals surface area contributed by atoms with Crippen molar-refractivity contribution in [3.05, 3.63) is 83.7 Å². The number of carbonyl (C=O) groups is 1. The third-order valence-electron chi connectivity index (χ3n) is 5.98. The van der Waals surface area contributed by atoms with E-state index >= 15 is 4.39 Å². The Morgan fingerprint density at radius 2 is 1.97 bits per heavy atom. The predicted molar refractivity (Wildman–Crippen MR) is 124 cm³/mol. The van der Waals surface area contributed by atoms with Crippen LogP contribution in [0.15, 0.2) is 61.1 Å². The van der Waals surface area contributed by atoms with Gasteiger partial charge in [0.15, 0.2) is 5.67 Å². The molecule has 0 spiro atoms. The number of likely N-dealkylation sites (tertiary alicyclic amines) is 1. The van der Waals surface area contributed by atoms with Crippen LogP contribution >= 0.6 is 0 Å². The molecular formula is C26H27F2N3O2. The molecule has 7 heteroatoms. The van der Waals surface area contributed by atoms with Gasteiger partial charge in [-0.3, -0.25) is 4.79 Å². The van der Waals surface area contributed by atoms with Gasteiger partial charge in [0, 0.05) is 18.8 Å². The molecular weight excluding hydrogens is 424 g/mol. The molecule has 0 saturated carbocycles. The number of alkyl halides is 1. The van der Waals surface area contributed by atoms with Crippen LogP contribution in [-0.2, 0) is 10.5 Å². The Kier molecular flexibility index (Phi) is 6.58. The fourth-order valence-corrected chi connectivity index (χ4v) is 4.18. The zero-order valence-corrected chi connectivity index (χ0v) is 18.8. The lowest BCUT2D eigenvalue weighted by atomic mass is 9.91. The highest BCUT2D eigenvalue weighted by atomic mass is 19.1. The zero-order chi connectivity index (χ0) is 23.4. The lowest BCUT2D eigenvalue weighted by Gasteiger charge is -2.29. The average molecular weight is 452 g/mol. The fourth-order valence-electron chi connectivity index (χ4n) is 4.18. The number of imidazole rings is 1. The molecule has 1 atom stereocenters. The Labute approximate surface area is 192 Å². The Balaban J connectivity index is 1.51. The quantitative estimate of drug-likeness (QED) is 0.500. The number of methoxy groups -OCH3 is 1. The van der Waals surface area contributed by atoms with Gasteiger partial charge in [-0.05, 0) is 67.7 Å². The molecule has 0 radical (unpaired) electrons. The van der Waals surface area contributed by atoms with E-state index in [4.69, 9.17) is 4.74 Å². The zero-order valence-electron chi connectivity index (χ0n) is 18.8. The van der Waals surface area contributed by atoms with E-state index in [0.717, 1.165) is 23.4 Å². The van der Waals surface area contributed by atoms with Crippen LogP contribution in [0, 0.1) is 12.7 Å². The minimum atomic E-state index is -1.69. The molecule has 1 unspecified atom stereocenters. The van der Waals surface area contributed by atoms with Gasteiger partial charge in [-0.2, -0.15) is 0 Å². The van der Waals surface area contributed by atoms with Crippen LogP contribution in [0.1, 0.15) is 36.1 Å². The number of carbonyl (C=O) groups excluding carboxylic acids is 1. The summed E-state index contributed by atoms with van der Waals surface area (Å²) in [5.74, 6) is -0.0124. The maximum absolute atomic E-state index is 15.8. The Hall–Kier alpha value is -3.48. The smallest absolute Gasteiger partial charge is 0.246 e. The Bertz CT molecular complexity index is 1160. The number of nitrogens with zero attached hydrogens (tertiary/aromatic N) is 3. The third-order valence-corrected chi connectivity index (χ3v) is 5.98. The van der Waals surface area contributed by atoms with Crippen molar-refractivity contribution in [3.63, 3.8) is 0 Å². The SMILES string of the molecule is COc1cc(C=CC(=O)N2CCCCC(F)(c3ccc(F)cc3)C2)ccc1-n1cnc(C)c1. The van der Waals surface area contributed by atoms with Crippen LogP contribution in [0.2, 0.25) is 0 Å². The Morgan fingerprint density at radius 3 is 2.67 bits per heavy atom. The van der Waals surface area contributed by atoms with Gasteiger partial charge in [-0.25, -0.2) is 13.8 Å². The molecule has 0 N–H and O–H groups in total. The summed E-state index contributed by atoms with van der Waals surface area (Å²) < 4.78 is 36.5. The van der Waals surface area contributed by atoms with Crippen molar-refractivity contribution in [2.24, 2.45) is 0 Å². The van der Waals surface area contributed by atoms with E-state index in [1.807, 2.05) is 35.9 Å². The lowest BCUT2D eigenvalue weighted by molar-refractivity contribution is -0.127. The molecule has 0 aliphatic carbocycles. The third kappa shape index (κ3) is 5.13. The second kappa shape index (κ2) is 9.57. The first kappa shape index (κ1) is 22.7. The maximum Gasteiger partial charge on any atom is 0.246 e. The van der Waals surface area contributed by atoms with Gasteiger partial charge in [0.05, 0.1) is 31.4 Å². The van der Waals surface area contributed by atoms with Crippen molar-refractivity contribution in [2.75, 3.05) is 20.2 Å². The first-order valence-electron chi connectivity index (χ1n) is 11.0. The number of aryl methyl sites for hydroxylation is 1. The number of hydrogen-bond acceptors (Lipinski definition) is 3. The number of benzene rings is 2. The molecule has 5 nitrogen and oxygen atoms in total. The van der Waals surface area contributed by atoms with Crippen molar-refractivity contribution in [3.8, 4) is 11.4 Å². The molecule has 1 saturated heterocycles. The number of halogens is 2. The van der Waals surface area contributed by atoms with Crippen molar-refractivity contribution in [1.29, 1.82) is 0 Å². The van der Waals surface area contributed by atoms with E-state index in [9.17, 15) is 9.18 Å². The van der Waals surface area contributed by atoms with Gasteiger partial charge in [0.1, 0.15) is 11.6 Å². The highest BCUT2D eigenvalue weighted by Crippen LogP contribution is 2.35. The summed E-state index contributed by atoms with van der Waals surface area (Å²) in [6, 6.07) is 11.1. The summed E-state index contributed by atoms with van der Waals surface area (Å²) in [4.78, 5) is 18.7. The monoisotopic (exact) mass is 451 g/mol. The first-order chi connectivity index (χ1) is 15.9. The minimum absolute atomic E-state index is 0.0515. The van der Waals surface area contributed by atoms with Crippen LogP contribution in [-0.4, -0.2) is 40.6 Å². The van der Waals surface area contributed by atoms with Crippen molar-refractivity contribution < 1.29 is 18.3 Å². The molecule has 1 amide bonds. The van der Waals surface area contributed by atoms with Crippen LogP contribution in [0.4, 0.5) is 8.78 Å². The highest BCUT2D eigenvalue weighted by molar-refractivity contribution is 5.92. The lowest BCUT2D eigenvalue weighted by Crippen LogP contribution is -2.39. The summed E-state index contributed by atoms with van der Waals surface area (Å²) in [5.41, 5.74) is 1.24. The second-order valence-electron chi connectivity index (χ2n) is 8.38. The number of rotatable bonds is 5. The Morgan fingerprint density at radius 1 is 1.18 bits per heavy atom. The molecule has 3 aromatic rings. The second-order valence-corrected chi connectivity index (χ2v) is 8.38. The van der Waals surface area contributed by atoms with Gasteiger partial charge in [-0.1, -0.05) is 18.2 Å². The molecule has 1 fully saturated rings.